The Morgan fingerprint density at radius 1 is 1.17 bits per heavy atom. The lowest BCUT2D eigenvalue weighted by atomic mass is 10.1. The van der Waals surface area contributed by atoms with Crippen molar-refractivity contribution in [2.45, 2.75) is 39.8 Å². The van der Waals surface area contributed by atoms with Gasteiger partial charge in [0.05, 0.1) is 5.69 Å². The third kappa shape index (κ3) is 5.98. The van der Waals surface area contributed by atoms with Crippen molar-refractivity contribution in [1.29, 1.82) is 0 Å². The van der Waals surface area contributed by atoms with Gasteiger partial charge in [0.15, 0.2) is 5.96 Å². The first-order chi connectivity index (χ1) is 13.5. The van der Waals surface area contributed by atoms with Crippen molar-refractivity contribution >= 4 is 35.6 Å². The zero-order valence-electron chi connectivity index (χ0n) is 18.1. The number of halogens is 1. The summed E-state index contributed by atoms with van der Waals surface area (Å²) in [5, 5.41) is 11.4. The predicted molar refractivity (Wildman–Crippen MR) is 132 cm³/mol. The SMILES string of the molecule is CN=C(NCc1ccc(N2CC=CC2)cc1)NC(C)Cc1c(C)nn(C)c1C.I. The number of hydrogen-bond donors (Lipinski definition) is 2. The highest BCUT2D eigenvalue weighted by atomic mass is 127. The number of nitrogens with one attached hydrogen (secondary N) is 2. The fourth-order valence-corrected chi connectivity index (χ4v) is 3.60. The van der Waals surface area contributed by atoms with Crippen molar-refractivity contribution in [2.24, 2.45) is 12.0 Å². The van der Waals surface area contributed by atoms with Gasteiger partial charge in [-0.1, -0.05) is 24.3 Å². The normalized spacial score (nSPS) is 14.7. The zero-order valence-corrected chi connectivity index (χ0v) is 20.4. The van der Waals surface area contributed by atoms with E-state index in [-0.39, 0.29) is 30.0 Å². The van der Waals surface area contributed by atoms with E-state index in [0.29, 0.717) is 0 Å². The van der Waals surface area contributed by atoms with Gasteiger partial charge in [0.2, 0.25) is 0 Å². The highest BCUT2D eigenvalue weighted by molar-refractivity contribution is 14.0. The first kappa shape index (κ1) is 23.3. The van der Waals surface area contributed by atoms with E-state index in [4.69, 9.17) is 0 Å². The molecule has 0 spiro atoms. The average Bonchev–Trinajstić information content (AvgIpc) is 3.30. The third-order valence-electron chi connectivity index (χ3n) is 5.36. The second kappa shape index (κ2) is 10.7. The molecule has 1 aliphatic heterocycles. The van der Waals surface area contributed by atoms with Gasteiger partial charge in [-0.25, -0.2) is 0 Å². The van der Waals surface area contributed by atoms with Gasteiger partial charge in [0.1, 0.15) is 0 Å². The molecule has 2 aromatic rings. The summed E-state index contributed by atoms with van der Waals surface area (Å²) >= 11 is 0. The lowest BCUT2D eigenvalue weighted by Gasteiger charge is -2.19. The monoisotopic (exact) mass is 508 g/mol. The second-order valence-corrected chi connectivity index (χ2v) is 7.49. The molecule has 0 amide bonds. The Morgan fingerprint density at radius 3 is 2.38 bits per heavy atom. The Kier molecular flexibility index (Phi) is 8.55. The molecule has 1 unspecified atom stereocenters. The van der Waals surface area contributed by atoms with Gasteiger partial charge in [-0.3, -0.25) is 9.67 Å². The van der Waals surface area contributed by atoms with E-state index in [9.17, 15) is 0 Å². The van der Waals surface area contributed by atoms with Crippen molar-refractivity contribution in [2.75, 3.05) is 25.0 Å². The maximum absolute atomic E-state index is 4.51. The predicted octanol–water partition coefficient (Wildman–Crippen LogP) is 3.33. The molecule has 1 atom stereocenters. The molecule has 158 valence electrons. The van der Waals surface area contributed by atoms with E-state index in [1.54, 1.807) is 0 Å². The molecule has 1 aromatic carbocycles. The summed E-state index contributed by atoms with van der Waals surface area (Å²) in [5.41, 5.74) is 6.15. The van der Waals surface area contributed by atoms with Crippen molar-refractivity contribution < 1.29 is 0 Å². The number of aryl methyl sites for hydroxylation is 2. The number of rotatable bonds is 6. The summed E-state index contributed by atoms with van der Waals surface area (Å²) in [4.78, 5) is 6.72. The Balaban J connectivity index is 0.00000300. The van der Waals surface area contributed by atoms with Crippen LogP contribution in [0.15, 0.2) is 41.4 Å². The third-order valence-corrected chi connectivity index (χ3v) is 5.36. The van der Waals surface area contributed by atoms with Crippen LogP contribution in [-0.2, 0) is 20.0 Å². The highest BCUT2D eigenvalue weighted by Gasteiger charge is 2.14. The quantitative estimate of drug-likeness (QED) is 0.272. The maximum Gasteiger partial charge on any atom is 0.191 e. The van der Waals surface area contributed by atoms with E-state index in [1.807, 2.05) is 18.8 Å². The van der Waals surface area contributed by atoms with Crippen LogP contribution >= 0.6 is 24.0 Å². The molecule has 0 saturated carbocycles. The van der Waals surface area contributed by atoms with Crippen LogP contribution in [0, 0.1) is 13.8 Å². The lowest BCUT2D eigenvalue weighted by Crippen LogP contribution is -2.42. The van der Waals surface area contributed by atoms with E-state index < -0.39 is 0 Å². The van der Waals surface area contributed by atoms with Crippen molar-refractivity contribution in [3.63, 3.8) is 0 Å². The van der Waals surface area contributed by atoms with Gasteiger partial charge in [-0.05, 0) is 50.5 Å². The number of anilines is 1. The fraction of sp³-hybridized carbons (Fsp3) is 0.455. The molecule has 0 aliphatic carbocycles. The van der Waals surface area contributed by atoms with Crippen LogP contribution in [0.25, 0.3) is 0 Å². The number of benzene rings is 1. The summed E-state index contributed by atoms with van der Waals surface area (Å²) in [7, 11) is 3.81. The van der Waals surface area contributed by atoms with Gasteiger partial charge in [0.25, 0.3) is 0 Å². The molecule has 0 saturated heterocycles. The van der Waals surface area contributed by atoms with Gasteiger partial charge < -0.3 is 15.5 Å². The zero-order chi connectivity index (χ0) is 20.1. The molecule has 3 rings (SSSR count). The Hall–Kier alpha value is -2.03. The summed E-state index contributed by atoms with van der Waals surface area (Å²) in [6, 6.07) is 9.00. The minimum Gasteiger partial charge on any atom is -0.364 e. The first-order valence-corrected chi connectivity index (χ1v) is 9.93. The Bertz CT molecular complexity index is 845. The standard InChI is InChI=1S/C22H32N6.HI/c1-16(14-21-17(2)26-27(5)18(21)3)25-22(23-4)24-15-19-8-10-20(11-9-19)28-12-6-7-13-28;/h6-11,16H,12-15H2,1-5H3,(H2,23,24,25);1H. The first-order valence-electron chi connectivity index (χ1n) is 9.93. The molecule has 6 nitrogen and oxygen atoms in total. The summed E-state index contributed by atoms with van der Waals surface area (Å²) in [6.45, 7) is 9.12. The van der Waals surface area contributed by atoms with Gasteiger partial charge in [-0.2, -0.15) is 5.10 Å². The molecule has 7 heteroatoms. The smallest absolute Gasteiger partial charge is 0.191 e. The fourth-order valence-electron chi connectivity index (χ4n) is 3.60. The topological polar surface area (TPSA) is 57.5 Å². The highest BCUT2D eigenvalue weighted by Crippen LogP contribution is 2.17. The molecule has 2 heterocycles. The summed E-state index contributed by atoms with van der Waals surface area (Å²) < 4.78 is 1.95. The number of aromatic nitrogens is 2. The lowest BCUT2D eigenvalue weighted by molar-refractivity contribution is 0.635. The molecule has 1 aliphatic rings. The van der Waals surface area contributed by atoms with Gasteiger partial charge >= 0.3 is 0 Å². The summed E-state index contributed by atoms with van der Waals surface area (Å²) in [5.74, 6) is 0.819. The van der Waals surface area contributed by atoms with Crippen LogP contribution in [0.3, 0.4) is 0 Å². The van der Waals surface area contributed by atoms with Crippen LogP contribution in [0.1, 0.15) is 29.4 Å². The van der Waals surface area contributed by atoms with Crippen molar-refractivity contribution in [3.05, 3.63) is 58.9 Å². The Morgan fingerprint density at radius 2 is 1.83 bits per heavy atom. The van der Waals surface area contributed by atoms with Crippen LogP contribution in [0.2, 0.25) is 0 Å². The minimum atomic E-state index is 0. The number of hydrogen-bond acceptors (Lipinski definition) is 3. The van der Waals surface area contributed by atoms with Crippen LogP contribution in [0.4, 0.5) is 5.69 Å². The molecule has 0 radical (unpaired) electrons. The van der Waals surface area contributed by atoms with Crippen LogP contribution < -0.4 is 15.5 Å². The Labute approximate surface area is 191 Å². The van der Waals surface area contributed by atoms with Crippen molar-refractivity contribution in [3.8, 4) is 0 Å². The molecule has 0 bridgehead atoms. The molecular formula is C22H33IN6. The number of aliphatic imine (C=N–C) groups is 1. The molecule has 2 N–H and O–H groups in total. The van der Waals surface area contributed by atoms with E-state index in [2.05, 4.69) is 82.8 Å². The minimum absolute atomic E-state index is 0. The van der Waals surface area contributed by atoms with E-state index >= 15 is 0 Å². The van der Waals surface area contributed by atoms with Crippen molar-refractivity contribution in [1.82, 2.24) is 20.4 Å². The van der Waals surface area contributed by atoms with Gasteiger partial charge in [0, 0.05) is 51.2 Å². The number of nitrogens with zero attached hydrogens (tertiary/aromatic N) is 4. The molecule has 1 aromatic heterocycles. The maximum atomic E-state index is 4.51. The molecular weight excluding hydrogens is 475 g/mol. The molecule has 29 heavy (non-hydrogen) atoms. The van der Waals surface area contributed by atoms with Crippen LogP contribution in [-0.4, -0.2) is 41.9 Å². The summed E-state index contributed by atoms with van der Waals surface area (Å²) in [6.07, 6.45) is 5.34. The van der Waals surface area contributed by atoms with E-state index in [0.717, 1.165) is 37.7 Å². The largest absolute Gasteiger partial charge is 0.364 e. The van der Waals surface area contributed by atoms with Crippen LogP contribution in [0.5, 0.6) is 0 Å². The van der Waals surface area contributed by atoms with E-state index in [1.165, 1.54) is 22.5 Å². The van der Waals surface area contributed by atoms with Gasteiger partial charge in [-0.15, -0.1) is 24.0 Å². The average molecular weight is 508 g/mol. The molecule has 0 fully saturated rings. The second-order valence-electron chi connectivity index (χ2n) is 7.49. The number of guanidine groups is 1.